The lowest BCUT2D eigenvalue weighted by Crippen LogP contribution is -2.23. The van der Waals surface area contributed by atoms with Gasteiger partial charge in [0.1, 0.15) is 11.9 Å². The van der Waals surface area contributed by atoms with Crippen molar-refractivity contribution in [2.24, 2.45) is 11.8 Å². The molecular formula is C19H24FN. The number of nitriles is 1. The fourth-order valence-corrected chi connectivity index (χ4v) is 4.41. The third kappa shape index (κ3) is 3.28. The van der Waals surface area contributed by atoms with E-state index in [9.17, 15) is 4.39 Å². The quantitative estimate of drug-likeness (QED) is 0.698. The van der Waals surface area contributed by atoms with Crippen LogP contribution in [0, 0.1) is 29.0 Å². The van der Waals surface area contributed by atoms with Crippen LogP contribution in [0.15, 0.2) is 18.2 Å². The van der Waals surface area contributed by atoms with Crippen LogP contribution >= 0.6 is 0 Å². The second-order valence-corrected chi connectivity index (χ2v) is 6.86. The van der Waals surface area contributed by atoms with Gasteiger partial charge in [-0.1, -0.05) is 38.2 Å². The van der Waals surface area contributed by atoms with E-state index in [-0.39, 0.29) is 11.4 Å². The fraction of sp³-hybridized carbons (Fsp3) is 0.632. The van der Waals surface area contributed by atoms with E-state index in [1.165, 1.54) is 57.8 Å². The summed E-state index contributed by atoms with van der Waals surface area (Å²) in [5, 5.41) is 8.81. The molecule has 0 amide bonds. The zero-order valence-corrected chi connectivity index (χ0v) is 12.7. The molecule has 0 radical (unpaired) electrons. The van der Waals surface area contributed by atoms with Crippen molar-refractivity contribution in [3.63, 3.8) is 0 Å². The molecule has 0 heterocycles. The molecule has 0 atom stereocenters. The van der Waals surface area contributed by atoms with Crippen LogP contribution in [0.3, 0.4) is 0 Å². The first kappa shape index (κ1) is 14.6. The van der Waals surface area contributed by atoms with Gasteiger partial charge in [0.25, 0.3) is 0 Å². The van der Waals surface area contributed by atoms with Gasteiger partial charge in [0, 0.05) is 0 Å². The second-order valence-electron chi connectivity index (χ2n) is 6.86. The third-order valence-corrected chi connectivity index (χ3v) is 5.67. The molecule has 0 bridgehead atoms. The Hall–Kier alpha value is -1.36. The molecule has 0 aliphatic heterocycles. The molecule has 3 rings (SSSR count). The average molecular weight is 285 g/mol. The maximum atomic E-state index is 13.8. The summed E-state index contributed by atoms with van der Waals surface area (Å²) in [6, 6.07) is 7.08. The summed E-state index contributed by atoms with van der Waals surface area (Å²) in [6.07, 6.45) is 12.1. The molecule has 0 spiro atoms. The van der Waals surface area contributed by atoms with E-state index in [1.807, 2.05) is 12.1 Å². The lowest BCUT2D eigenvalue weighted by Gasteiger charge is -2.36. The van der Waals surface area contributed by atoms with Crippen molar-refractivity contribution >= 4 is 0 Å². The van der Waals surface area contributed by atoms with Crippen LogP contribution in [-0.4, -0.2) is 0 Å². The summed E-state index contributed by atoms with van der Waals surface area (Å²) < 4.78 is 13.8. The maximum Gasteiger partial charge on any atom is 0.141 e. The van der Waals surface area contributed by atoms with Gasteiger partial charge in [0.05, 0.1) is 5.56 Å². The zero-order valence-electron chi connectivity index (χ0n) is 12.7. The molecule has 1 aromatic rings. The molecule has 2 fully saturated rings. The predicted octanol–water partition coefficient (Wildman–Crippen LogP) is 5.55. The zero-order chi connectivity index (χ0) is 14.7. The number of nitrogens with zero attached hydrogens (tertiary/aromatic N) is 1. The lowest BCUT2D eigenvalue weighted by atomic mass is 9.70. The molecule has 112 valence electrons. The van der Waals surface area contributed by atoms with Crippen LogP contribution in [0.5, 0.6) is 0 Å². The van der Waals surface area contributed by atoms with E-state index < -0.39 is 0 Å². The smallest absolute Gasteiger partial charge is 0.141 e. The average Bonchev–Trinajstić information content (AvgIpc) is 2.56. The first-order valence-electron chi connectivity index (χ1n) is 8.47. The fourth-order valence-electron chi connectivity index (χ4n) is 4.41. The molecule has 2 aliphatic rings. The van der Waals surface area contributed by atoms with Gasteiger partial charge in [0.2, 0.25) is 0 Å². The van der Waals surface area contributed by atoms with Gasteiger partial charge < -0.3 is 0 Å². The first-order chi connectivity index (χ1) is 10.3. The van der Waals surface area contributed by atoms with E-state index in [1.54, 1.807) is 12.1 Å². The summed E-state index contributed by atoms with van der Waals surface area (Å²) in [5.74, 6) is 2.00. The van der Waals surface area contributed by atoms with E-state index in [0.29, 0.717) is 5.92 Å². The van der Waals surface area contributed by atoms with Crippen molar-refractivity contribution in [2.45, 2.75) is 63.7 Å². The highest BCUT2D eigenvalue weighted by Crippen LogP contribution is 2.43. The summed E-state index contributed by atoms with van der Waals surface area (Å²) in [6.45, 7) is 0. The molecule has 0 saturated heterocycles. The van der Waals surface area contributed by atoms with Crippen molar-refractivity contribution in [2.75, 3.05) is 0 Å². The molecule has 0 N–H and O–H groups in total. The Morgan fingerprint density at radius 1 is 0.905 bits per heavy atom. The Kier molecular flexibility index (Phi) is 4.58. The van der Waals surface area contributed by atoms with Gasteiger partial charge in [-0.2, -0.15) is 5.26 Å². The number of benzene rings is 1. The number of rotatable bonds is 2. The minimum absolute atomic E-state index is 0.162. The number of halogens is 1. The molecule has 1 nitrogen and oxygen atoms in total. The summed E-state index contributed by atoms with van der Waals surface area (Å²) in [4.78, 5) is 0. The highest BCUT2D eigenvalue weighted by Gasteiger charge is 2.29. The van der Waals surface area contributed by atoms with E-state index >= 15 is 0 Å². The van der Waals surface area contributed by atoms with Gasteiger partial charge in [-0.3, -0.25) is 0 Å². The Balaban J connectivity index is 1.60. The molecular weight excluding hydrogens is 261 g/mol. The van der Waals surface area contributed by atoms with Crippen molar-refractivity contribution in [1.82, 2.24) is 0 Å². The van der Waals surface area contributed by atoms with Crippen molar-refractivity contribution < 1.29 is 4.39 Å². The Morgan fingerprint density at radius 3 is 2.19 bits per heavy atom. The van der Waals surface area contributed by atoms with Gasteiger partial charge >= 0.3 is 0 Å². The summed E-state index contributed by atoms with van der Waals surface area (Å²) in [7, 11) is 0. The summed E-state index contributed by atoms with van der Waals surface area (Å²) in [5.41, 5.74) is 1.25. The second kappa shape index (κ2) is 6.60. The van der Waals surface area contributed by atoms with E-state index in [4.69, 9.17) is 5.26 Å². The van der Waals surface area contributed by atoms with Gasteiger partial charge in [-0.15, -0.1) is 0 Å². The topological polar surface area (TPSA) is 23.8 Å². The van der Waals surface area contributed by atoms with E-state index in [0.717, 1.165) is 17.4 Å². The van der Waals surface area contributed by atoms with Crippen LogP contribution in [0.25, 0.3) is 0 Å². The highest BCUT2D eigenvalue weighted by atomic mass is 19.1. The number of hydrogen-bond acceptors (Lipinski definition) is 1. The minimum Gasteiger partial charge on any atom is -0.206 e. The SMILES string of the molecule is N#Cc1ccc(C2CCC(C3CCCCC3)CC2)cc1F. The van der Waals surface area contributed by atoms with Crippen LogP contribution < -0.4 is 0 Å². The lowest BCUT2D eigenvalue weighted by molar-refractivity contribution is 0.186. The number of hydrogen-bond donors (Lipinski definition) is 0. The Labute approximate surface area is 127 Å². The highest BCUT2D eigenvalue weighted by molar-refractivity contribution is 5.34. The first-order valence-corrected chi connectivity index (χ1v) is 8.47. The molecule has 21 heavy (non-hydrogen) atoms. The molecule has 2 aliphatic carbocycles. The van der Waals surface area contributed by atoms with Gasteiger partial charge in [0.15, 0.2) is 0 Å². The standard InChI is InChI=1S/C19H24FN/c20-19-12-17(10-11-18(19)13-21)16-8-6-15(7-9-16)14-4-2-1-3-5-14/h10-12,14-16H,1-9H2. The minimum atomic E-state index is -0.357. The van der Waals surface area contributed by atoms with Crippen LogP contribution in [0.2, 0.25) is 0 Å². The van der Waals surface area contributed by atoms with Crippen molar-refractivity contribution in [3.05, 3.63) is 35.1 Å². The Morgan fingerprint density at radius 2 is 1.57 bits per heavy atom. The molecule has 0 unspecified atom stereocenters. The molecule has 0 aromatic heterocycles. The van der Waals surface area contributed by atoms with Gasteiger partial charge in [-0.05, 0) is 61.1 Å². The predicted molar refractivity (Wildman–Crippen MR) is 82.4 cm³/mol. The van der Waals surface area contributed by atoms with Gasteiger partial charge in [-0.25, -0.2) is 4.39 Å². The molecule has 2 heteroatoms. The normalized spacial score (nSPS) is 27.2. The van der Waals surface area contributed by atoms with Crippen LogP contribution in [-0.2, 0) is 0 Å². The largest absolute Gasteiger partial charge is 0.206 e. The van der Waals surface area contributed by atoms with Crippen LogP contribution in [0.1, 0.15) is 74.8 Å². The Bertz CT molecular complexity index is 517. The van der Waals surface area contributed by atoms with E-state index in [2.05, 4.69) is 0 Å². The third-order valence-electron chi connectivity index (χ3n) is 5.67. The molecule has 2 saturated carbocycles. The summed E-state index contributed by atoms with van der Waals surface area (Å²) >= 11 is 0. The van der Waals surface area contributed by atoms with Crippen molar-refractivity contribution in [3.8, 4) is 6.07 Å². The molecule has 1 aromatic carbocycles. The van der Waals surface area contributed by atoms with Crippen LogP contribution in [0.4, 0.5) is 4.39 Å². The maximum absolute atomic E-state index is 13.8. The monoisotopic (exact) mass is 285 g/mol. The van der Waals surface area contributed by atoms with Crippen molar-refractivity contribution in [1.29, 1.82) is 5.26 Å².